The summed E-state index contributed by atoms with van der Waals surface area (Å²) in [7, 11) is 0. The fourth-order valence-corrected chi connectivity index (χ4v) is 2.88. The first-order valence-corrected chi connectivity index (χ1v) is 7.32. The quantitative estimate of drug-likeness (QED) is 0.693. The van der Waals surface area contributed by atoms with Crippen molar-refractivity contribution in [3.63, 3.8) is 0 Å². The van der Waals surface area contributed by atoms with Crippen molar-refractivity contribution >= 4 is 33.3 Å². The molecule has 0 N–H and O–H groups in total. The van der Waals surface area contributed by atoms with Crippen molar-refractivity contribution < 1.29 is 4.79 Å². The van der Waals surface area contributed by atoms with Crippen LogP contribution in [0.2, 0.25) is 5.02 Å². The Labute approximate surface area is 116 Å². The second kappa shape index (κ2) is 6.01. The number of rotatable bonds is 4. The van der Waals surface area contributed by atoms with Gasteiger partial charge >= 0.3 is 0 Å². The second-order valence-electron chi connectivity index (χ2n) is 4.74. The predicted molar refractivity (Wildman–Crippen MR) is 74.7 cm³/mol. The first-order chi connectivity index (χ1) is 8.16. The van der Waals surface area contributed by atoms with Crippen LogP contribution in [0.5, 0.6) is 0 Å². The van der Waals surface area contributed by atoms with E-state index >= 15 is 0 Å². The van der Waals surface area contributed by atoms with Gasteiger partial charge in [-0.15, -0.1) is 0 Å². The molecule has 17 heavy (non-hydrogen) atoms. The van der Waals surface area contributed by atoms with E-state index in [0.29, 0.717) is 11.4 Å². The summed E-state index contributed by atoms with van der Waals surface area (Å²) >= 11 is 9.31. The Bertz CT molecular complexity index is 411. The van der Waals surface area contributed by atoms with Gasteiger partial charge in [-0.1, -0.05) is 43.4 Å². The molecule has 0 aliphatic heterocycles. The SMILES string of the molecule is O=C(CCC1CCCC1)c1ccc(Br)c(Cl)c1. The molecule has 0 atom stereocenters. The highest BCUT2D eigenvalue weighted by molar-refractivity contribution is 9.10. The molecule has 0 saturated heterocycles. The van der Waals surface area contributed by atoms with Crippen LogP contribution in [0.15, 0.2) is 22.7 Å². The summed E-state index contributed by atoms with van der Waals surface area (Å²) in [5.41, 5.74) is 0.733. The Morgan fingerprint density at radius 3 is 2.71 bits per heavy atom. The van der Waals surface area contributed by atoms with Crippen molar-refractivity contribution in [2.24, 2.45) is 5.92 Å². The van der Waals surface area contributed by atoms with Gasteiger partial charge in [0.2, 0.25) is 0 Å². The number of hydrogen-bond donors (Lipinski definition) is 0. The first kappa shape index (κ1) is 13.1. The van der Waals surface area contributed by atoms with Gasteiger partial charge in [-0.25, -0.2) is 0 Å². The number of carbonyl (C=O) groups excluding carboxylic acids is 1. The van der Waals surface area contributed by atoms with Gasteiger partial charge in [-0.05, 0) is 40.4 Å². The van der Waals surface area contributed by atoms with E-state index in [1.54, 1.807) is 6.07 Å². The normalized spacial score (nSPS) is 16.4. The molecule has 1 nitrogen and oxygen atoms in total. The van der Waals surface area contributed by atoms with Crippen LogP contribution in [0, 0.1) is 5.92 Å². The van der Waals surface area contributed by atoms with Crippen LogP contribution < -0.4 is 0 Å². The standard InChI is InChI=1S/C14H16BrClO/c15-12-7-6-11(9-13(12)16)14(17)8-5-10-3-1-2-4-10/h6-7,9-10H,1-5,8H2. The number of ketones is 1. The summed E-state index contributed by atoms with van der Waals surface area (Å²) in [6, 6.07) is 5.43. The van der Waals surface area contributed by atoms with E-state index in [0.717, 1.165) is 22.4 Å². The van der Waals surface area contributed by atoms with E-state index in [1.165, 1.54) is 25.7 Å². The van der Waals surface area contributed by atoms with Gasteiger partial charge in [0.1, 0.15) is 0 Å². The van der Waals surface area contributed by atoms with Crippen molar-refractivity contribution in [1.82, 2.24) is 0 Å². The zero-order valence-corrected chi connectivity index (χ0v) is 12.1. The average molecular weight is 316 g/mol. The Morgan fingerprint density at radius 1 is 1.35 bits per heavy atom. The summed E-state index contributed by atoms with van der Waals surface area (Å²) in [4.78, 5) is 12.0. The lowest BCUT2D eigenvalue weighted by Crippen LogP contribution is -2.03. The number of hydrogen-bond acceptors (Lipinski definition) is 1. The van der Waals surface area contributed by atoms with E-state index in [-0.39, 0.29) is 5.78 Å². The number of halogens is 2. The van der Waals surface area contributed by atoms with Gasteiger partial charge in [0.25, 0.3) is 0 Å². The molecule has 1 aromatic carbocycles. The summed E-state index contributed by atoms with van der Waals surface area (Å²) in [5.74, 6) is 0.983. The Morgan fingerprint density at radius 2 is 2.06 bits per heavy atom. The van der Waals surface area contributed by atoms with E-state index < -0.39 is 0 Å². The summed E-state index contributed by atoms with van der Waals surface area (Å²) < 4.78 is 0.839. The fraction of sp³-hybridized carbons (Fsp3) is 0.500. The maximum absolute atomic E-state index is 12.0. The van der Waals surface area contributed by atoms with Gasteiger partial charge in [0.15, 0.2) is 5.78 Å². The highest BCUT2D eigenvalue weighted by Crippen LogP contribution is 2.29. The van der Waals surface area contributed by atoms with Crippen LogP contribution in [0.1, 0.15) is 48.9 Å². The third-order valence-electron chi connectivity index (χ3n) is 3.50. The minimum atomic E-state index is 0.214. The Hall–Kier alpha value is -0.340. The monoisotopic (exact) mass is 314 g/mol. The molecule has 0 unspecified atom stereocenters. The molecule has 92 valence electrons. The first-order valence-electron chi connectivity index (χ1n) is 6.15. The topological polar surface area (TPSA) is 17.1 Å². The molecule has 0 bridgehead atoms. The predicted octanol–water partition coefficient (Wildman–Crippen LogP) is 5.26. The van der Waals surface area contributed by atoms with Crippen LogP contribution in [0.4, 0.5) is 0 Å². The molecule has 1 fully saturated rings. The smallest absolute Gasteiger partial charge is 0.162 e. The molecule has 2 rings (SSSR count). The average Bonchev–Trinajstić information content (AvgIpc) is 2.82. The summed E-state index contributed by atoms with van der Waals surface area (Å²) in [5, 5.41) is 0.608. The third kappa shape index (κ3) is 3.56. The maximum Gasteiger partial charge on any atom is 0.162 e. The van der Waals surface area contributed by atoms with Gasteiger partial charge in [-0.2, -0.15) is 0 Å². The van der Waals surface area contributed by atoms with Gasteiger partial charge in [0.05, 0.1) is 5.02 Å². The molecule has 0 amide bonds. The zero-order valence-electron chi connectivity index (χ0n) is 9.72. The third-order valence-corrected chi connectivity index (χ3v) is 4.73. The van der Waals surface area contributed by atoms with Crippen molar-refractivity contribution in [2.75, 3.05) is 0 Å². The van der Waals surface area contributed by atoms with Crippen molar-refractivity contribution in [3.05, 3.63) is 33.3 Å². The largest absolute Gasteiger partial charge is 0.294 e. The van der Waals surface area contributed by atoms with Crippen LogP contribution in [-0.4, -0.2) is 5.78 Å². The highest BCUT2D eigenvalue weighted by Gasteiger charge is 2.17. The van der Waals surface area contributed by atoms with Crippen LogP contribution in [-0.2, 0) is 0 Å². The van der Waals surface area contributed by atoms with E-state index in [4.69, 9.17) is 11.6 Å². The van der Waals surface area contributed by atoms with Gasteiger partial charge < -0.3 is 0 Å². The van der Waals surface area contributed by atoms with Crippen molar-refractivity contribution in [3.8, 4) is 0 Å². The molecule has 1 aliphatic rings. The number of benzene rings is 1. The lowest BCUT2D eigenvalue weighted by molar-refractivity contribution is 0.0974. The molecule has 0 heterocycles. The maximum atomic E-state index is 12.0. The van der Waals surface area contributed by atoms with Gasteiger partial charge in [-0.3, -0.25) is 4.79 Å². The van der Waals surface area contributed by atoms with Gasteiger partial charge in [0, 0.05) is 16.5 Å². The molecule has 0 aromatic heterocycles. The number of Topliss-reactive ketones (excluding diaryl/α,β-unsaturated/α-hetero) is 1. The van der Waals surface area contributed by atoms with Crippen molar-refractivity contribution in [2.45, 2.75) is 38.5 Å². The molecular weight excluding hydrogens is 300 g/mol. The molecule has 3 heteroatoms. The molecule has 1 aromatic rings. The van der Waals surface area contributed by atoms with Crippen molar-refractivity contribution in [1.29, 1.82) is 0 Å². The molecule has 1 saturated carbocycles. The Kier molecular flexibility index (Phi) is 4.63. The second-order valence-corrected chi connectivity index (χ2v) is 6.00. The fourth-order valence-electron chi connectivity index (χ4n) is 2.45. The molecule has 1 aliphatic carbocycles. The highest BCUT2D eigenvalue weighted by atomic mass is 79.9. The van der Waals surface area contributed by atoms with E-state index in [1.807, 2.05) is 12.1 Å². The summed E-state index contributed by atoms with van der Waals surface area (Å²) in [6.07, 6.45) is 6.96. The van der Waals surface area contributed by atoms with Crippen LogP contribution >= 0.6 is 27.5 Å². The zero-order chi connectivity index (χ0) is 12.3. The minimum absolute atomic E-state index is 0.214. The van der Waals surface area contributed by atoms with Crippen LogP contribution in [0.3, 0.4) is 0 Å². The molecule has 0 spiro atoms. The minimum Gasteiger partial charge on any atom is -0.294 e. The molecule has 0 radical (unpaired) electrons. The Balaban J connectivity index is 1.92. The lowest BCUT2D eigenvalue weighted by atomic mass is 9.97. The van der Waals surface area contributed by atoms with Crippen LogP contribution in [0.25, 0.3) is 0 Å². The number of carbonyl (C=O) groups is 1. The van der Waals surface area contributed by atoms with E-state index in [9.17, 15) is 4.79 Å². The summed E-state index contributed by atoms with van der Waals surface area (Å²) in [6.45, 7) is 0. The lowest BCUT2D eigenvalue weighted by Gasteiger charge is -2.08. The van der Waals surface area contributed by atoms with E-state index in [2.05, 4.69) is 15.9 Å². The molecular formula is C14H16BrClO.